The summed E-state index contributed by atoms with van der Waals surface area (Å²) in [6, 6.07) is 5.31. The van der Waals surface area contributed by atoms with Crippen molar-refractivity contribution in [1.29, 1.82) is 0 Å². The monoisotopic (exact) mass is 248 g/mol. The van der Waals surface area contributed by atoms with Crippen molar-refractivity contribution >= 4 is 22.7 Å². The molecule has 1 aromatic carbocycles. The summed E-state index contributed by atoms with van der Waals surface area (Å²) in [5.41, 5.74) is 12.9. The maximum absolute atomic E-state index is 10.9. The predicted octanol–water partition coefficient (Wildman–Crippen LogP) is 0.717. The third-order valence-electron chi connectivity index (χ3n) is 2.64. The van der Waals surface area contributed by atoms with Crippen LogP contribution in [-0.4, -0.2) is 28.9 Å². The number of primary amides is 1. The Morgan fingerprint density at radius 2 is 2.28 bits per heavy atom. The third kappa shape index (κ3) is 2.78. The van der Waals surface area contributed by atoms with E-state index in [4.69, 9.17) is 15.9 Å². The fourth-order valence-electron chi connectivity index (χ4n) is 1.75. The Bertz CT molecular complexity index is 564. The lowest BCUT2D eigenvalue weighted by atomic mass is 10.3. The van der Waals surface area contributed by atoms with Crippen molar-refractivity contribution in [3.63, 3.8) is 0 Å². The molecule has 1 aromatic heterocycles. The van der Waals surface area contributed by atoms with Crippen molar-refractivity contribution in [3.05, 3.63) is 24.1 Å². The molecule has 1 heterocycles. The first kappa shape index (κ1) is 12.4. The summed E-state index contributed by atoms with van der Waals surface area (Å²) < 4.78 is 5.58. The van der Waals surface area contributed by atoms with Crippen molar-refractivity contribution < 1.29 is 9.21 Å². The molecular formula is C12H16N4O2. The van der Waals surface area contributed by atoms with E-state index >= 15 is 0 Å². The van der Waals surface area contributed by atoms with Gasteiger partial charge in [-0.2, -0.15) is 0 Å². The number of amides is 1. The normalized spacial score (nSPS) is 11.2. The zero-order chi connectivity index (χ0) is 13.1. The van der Waals surface area contributed by atoms with E-state index in [1.807, 2.05) is 17.9 Å². The quantitative estimate of drug-likeness (QED) is 0.759. The maximum Gasteiger partial charge on any atom is 0.231 e. The summed E-state index contributed by atoms with van der Waals surface area (Å²) in [7, 11) is 0. The standard InChI is InChI=1S/C12H16N4O2/c1-2-16(6-11(14)17)7-12-15-9-4-3-8(13)5-10(9)18-12/h3-5H,2,6-7,13H2,1H3,(H2,14,17). The average Bonchev–Trinajstić information content (AvgIpc) is 2.68. The number of rotatable bonds is 5. The van der Waals surface area contributed by atoms with Crippen LogP contribution in [0.3, 0.4) is 0 Å². The number of hydrogen-bond acceptors (Lipinski definition) is 5. The van der Waals surface area contributed by atoms with E-state index in [-0.39, 0.29) is 12.5 Å². The summed E-state index contributed by atoms with van der Waals surface area (Å²) in [5, 5.41) is 0. The molecule has 0 atom stereocenters. The van der Waals surface area contributed by atoms with Crippen LogP contribution in [0.1, 0.15) is 12.8 Å². The van der Waals surface area contributed by atoms with Gasteiger partial charge in [0, 0.05) is 11.8 Å². The first-order chi connectivity index (χ1) is 8.58. The summed E-state index contributed by atoms with van der Waals surface area (Å²) in [4.78, 5) is 17.1. The minimum atomic E-state index is -0.364. The van der Waals surface area contributed by atoms with Gasteiger partial charge in [0.1, 0.15) is 5.52 Å². The van der Waals surface area contributed by atoms with Gasteiger partial charge < -0.3 is 15.9 Å². The number of hydrogen-bond donors (Lipinski definition) is 2. The topological polar surface area (TPSA) is 98.4 Å². The Morgan fingerprint density at radius 1 is 1.50 bits per heavy atom. The molecule has 0 saturated carbocycles. The van der Waals surface area contributed by atoms with Gasteiger partial charge in [-0.1, -0.05) is 6.92 Å². The molecule has 0 saturated heterocycles. The van der Waals surface area contributed by atoms with Crippen LogP contribution in [0.4, 0.5) is 5.69 Å². The lowest BCUT2D eigenvalue weighted by Gasteiger charge is -2.15. The number of anilines is 1. The Kier molecular flexibility index (Phi) is 3.47. The maximum atomic E-state index is 10.9. The van der Waals surface area contributed by atoms with Gasteiger partial charge in [0.25, 0.3) is 0 Å². The molecule has 6 heteroatoms. The Balaban J connectivity index is 2.18. The lowest BCUT2D eigenvalue weighted by Crippen LogP contribution is -2.33. The smallest absolute Gasteiger partial charge is 0.231 e. The second-order valence-corrected chi connectivity index (χ2v) is 4.10. The van der Waals surface area contributed by atoms with Crippen LogP contribution in [-0.2, 0) is 11.3 Å². The summed E-state index contributed by atoms with van der Waals surface area (Å²) in [6.07, 6.45) is 0. The molecule has 2 aromatic rings. The minimum absolute atomic E-state index is 0.192. The Labute approximate surface area is 105 Å². The molecule has 4 N–H and O–H groups in total. The zero-order valence-corrected chi connectivity index (χ0v) is 10.2. The fraction of sp³-hybridized carbons (Fsp3) is 0.333. The largest absolute Gasteiger partial charge is 0.439 e. The number of benzene rings is 1. The molecule has 6 nitrogen and oxygen atoms in total. The number of carbonyl (C=O) groups is 1. The van der Waals surface area contributed by atoms with Crippen molar-refractivity contribution in [3.8, 4) is 0 Å². The minimum Gasteiger partial charge on any atom is -0.439 e. The molecule has 0 aliphatic carbocycles. The Morgan fingerprint density at radius 3 is 2.94 bits per heavy atom. The SMILES string of the molecule is CCN(CC(N)=O)Cc1nc2ccc(N)cc2o1. The van der Waals surface area contributed by atoms with Crippen LogP contribution >= 0.6 is 0 Å². The second kappa shape index (κ2) is 5.05. The number of nitrogen functional groups attached to an aromatic ring is 1. The first-order valence-electron chi connectivity index (χ1n) is 5.74. The van der Waals surface area contributed by atoms with Crippen molar-refractivity contribution in [2.45, 2.75) is 13.5 Å². The number of aromatic nitrogens is 1. The molecule has 0 radical (unpaired) electrons. The molecule has 18 heavy (non-hydrogen) atoms. The van der Waals surface area contributed by atoms with Crippen LogP contribution in [0, 0.1) is 0 Å². The first-order valence-corrected chi connectivity index (χ1v) is 5.74. The van der Waals surface area contributed by atoms with E-state index in [1.54, 1.807) is 12.1 Å². The number of fused-ring (bicyclic) bond motifs is 1. The van der Waals surface area contributed by atoms with Gasteiger partial charge in [-0.25, -0.2) is 4.98 Å². The summed E-state index contributed by atoms with van der Waals surface area (Å²) >= 11 is 0. The summed E-state index contributed by atoms with van der Waals surface area (Å²) in [6.45, 7) is 3.29. The average molecular weight is 248 g/mol. The zero-order valence-electron chi connectivity index (χ0n) is 10.2. The van der Waals surface area contributed by atoms with Crippen LogP contribution in [0.5, 0.6) is 0 Å². The van der Waals surface area contributed by atoms with Crippen molar-refractivity contribution in [2.75, 3.05) is 18.8 Å². The van der Waals surface area contributed by atoms with Gasteiger partial charge >= 0.3 is 0 Å². The van der Waals surface area contributed by atoms with Crippen molar-refractivity contribution in [2.24, 2.45) is 5.73 Å². The van der Waals surface area contributed by atoms with E-state index < -0.39 is 0 Å². The molecule has 0 aliphatic rings. The molecule has 2 rings (SSSR count). The molecule has 0 unspecified atom stereocenters. The molecule has 0 aliphatic heterocycles. The lowest BCUT2D eigenvalue weighted by molar-refractivity contribution is -0.119. The highest BCUT2D eigenvalue weighted by molar-refractivity contribution is 5.77. The van der Waals surface area contributed by atoms with Gasteiger partial charge in [-0.15, -0.1) is 0 Å². The van der Waals surface area contributed by atoms with Crippen LogP contribution in [0.15, 0.2) is 22.6 Å². The predicted molar refractivity (Wildman–Crippen MR) is 68.6 cm³/mol. The highest BCUT2D eigenvalue weighted by Crippen LogP contribution is 2.19. The van der Waals surface area contributed by atoms with E-state index in [2.05, 4.69) is 4.98 Å². The van der Waals surface area contributed by atoms with E-state index in [0.29, 0.717) is 30.3 Å². The van der Waals surface area contributed by atoms with Crippen LogP contribution in [0.25, 0.3) is 11.1 Å². The molecular weight excluding hydrogens is 232 g/mol. The van der Waals surface area contributed by atoms with Gasteiger partial charge in [0.15, 0.2) is 5.58 Å². The molecule has 0 fully saturated rings. The van der Waals surface area contributed by atoms with E-state index in [9.17, 15) is 4.79 Å². The van der Waals surface area contributed by atoms with E-state index in [0.717, 1.165) is 5.52 Å². The van der Waals surface area contributed by atoms with Crippen LogP contribution < -0.4 is 11.5 Å². The van der Waals surface area contributed by atoms with Crippen LogP contribution in [0.2, 0.25) is 0 Å². The number of carbonyl (C=O) groups excluding carboxylic acids is 1. The van der Waals surface area contributed by atoms with Gasteiger partial charge in [-0.05, 0) is 18.7 Å². The van der Waals surface area contributed by atoms with Crippen molar-refractivity contribution in [1.82, 2.24) is 9.88 Å². The number of nitrogens with two attached hydrogens (primary N) is 2. The highest BCUT2D eigenvalue weighted by Gasteiger charge is 2.12. The van der Waals surface area contributed by atoms with Gasteiger partial charge in [-0.3, -0.25) is 9.69 Å². The molecule has 0 bridgehead atoms. The third-order valence-corrected chi connectivity index (χ3v) is 2.64. The van der Waals surface area contributed by atoms with Gasteiger partial charge in [0.2, 0.25) is 11.8 Å². The molecule has 96 valence electrons. The number of nitrogens with zero attached hydrogens (tertiary/aromatic N) is 2. The second-order valence-electron chi connectivity index (χ2n) is 4.10. The van der Waals surface area contributed by atoms with E-state index in [1.165, 1.54) is 0 Å². The molecule has 1 amide bonds. The summed E-state index contributed by atoms with van der Waals surface area (Å²) in [5.74, 6) is 0.191. The number of oxazole rings is 1. The highest BCUT2D eigenvalue weighted by atomic mass is 16.3. The Hall–Kier alpha value is -2.08. The molecule has 0 spiro atoms. The van der Waals surface area contributed by atoms with Gasteiger partial charge in [0.05, 0.1) is 13.1 Å². The fourth-order valence-corrected chi connectivity index (χ4v) is 1.75. The number of likely N-dealkylation sites (N-methyl/N-ethyl adjacent to an activating group) is 1.